The van der Waals surface area contributed by atoms with Gasteiger partial charge in [0.1, 0.15) is 10.9 Å². The fourth-order valence-corrected chi connectivity index (χ4v) is 7.50. The average molecular weight is 764 g/mol. The third-order valence-corrected chi connectivity index (χ3v) is 10.8. The van der Waals surface area contributed by atoms with Gasteiger partial charge in [-0.05, 0) is 67.4 Å². The van der Waals surface area contributed by atoms with Gasteiger partial charge in [0.15, 0.2) is 5.13 Å². The largest absolute Gasteiger partial charge is 0.321 e. The number of hydrogen-bond donors (Lipinski definition) is 3. The molecule has 0 saturated carbocycles. The number of aryl methyl sites for hydroxylation is 2. The smallest absolute Gasteiger partial charge is 0.272 e. The summed E-state index contributed by atoms with van der Waals surface area (Å²) >= 11 is 15.4. The van der Waals surface area contributed by atoms with Crippen molar-refractivity contribution in [2.24, 2.45) is 0 Å². The van der Waals surface area contributed by atoms with E-state index in [0.29, 0.717) is 27.0 Å². The van der Waals surface area contributed by atoms with E-state index in [0.717, 1.165) is 32.2 Å². The first kappa shape index (κ1) is 36.6. The summed E-state index contributed by atoms with van der Waals surface area (Å²) in [5.41, 5.74) is 5.03. The maximum Gasteiger partial charge on any atom is 0.272 e. The number of thioether (sulfide) groups is 1. The second-order valence-electron chi connectivity index (χ2n) is 11.7. The normalized spacial score (nSPS) is 11.8. The fourth-order valence-electron chi connectivity index (χ4n) is 5.21. The Morgan fingerprint density at radius 3 is 2.21 bits per heavy atom. The van der Waals surface area contributed by atoms with Gasteiger partial charge in [0.2, 0.25) is 5.91 Å². The van der Waals surface area contributed by atoms with E-state index in [4.69, 9.17) is 28.2 Å². The lowest BCUT2D eigenvalue weighted by Crippen LogP contribution is -2.30. The van der Waals surface area contributed by atoms with Gasteiger partial charge in [0.25, 0.3) is 11.8 Å². The molecule has 0 fully saturated rings. The molecule has 5 aromatic carbocycles. The van der Waals surface area contributed by atoms with Crippen molar-refractivity contribution >= 4 is 80.9 Å². The number of halogens is 2. The van der Waals surface area contributed by atoms with Crippen LogP contribution in [0.25, 0.3) is 17.3 Å². The van der Waals surface area contributed by atoms with E-state index in [1.54, 1.807) is 66.7 Å². The van der Waals surface area contributed by atoms with Crippen molar-refractivity contribution in [3.8, 4) is 11.3 Å². The first-order chi connectivity index (χ1) is 25.1. The van der Waals surface area contributed by atoms with E-state index >= 15 is 0 Å². The van der Waals surface area contributed by atoms with Crippen LogP contribution in [0.4, 0.5) is 10.8 Å². The summed E-state index contributed by atoms with van der Waals surface area (Å²) in [6, 6.07) is 38.4. The minimum atomic E-state index is -0.634. The van der Waals surface area contributed by atoms with E-state index in [-0.39, 0.29) is 16.6 Å². The van der Waals surface area contributed by atoms with E-state index in [1.165, 1.54) is 29.2 Å². The number of thiazole rings is 1. The number of aromatic nitrogens is 1. The van der Waals surface area contributed by atoms with Crippen molar-refractivity contribution in [3.63, 3.8) is 0 Å². The summed E-state index contributed by atoms with van der Waals surface area (Å²) in [4.78, 5) is 47.3. The van der Waals surface area contributed by atoms with Gasteiger partial charge in [0.05, 0.1) is 15.7 Å². The van der Waals surface area contributed by atoms with Gasteiger partial charge in [-0.15, -0.1) is 23.1 Å². The topological polar surface area (TPSA) is 100 Å². The number of carbonyl (C=O) groups is 3. The molecule has 0 aliphatic carbocycles. The van der Waals surface area contributed by atoms with E-state index in [2.05, 4.69) is 16.0 Å². The molecule has 3 amide bonds. The van der Waals surface area contributed by atoms with Crippen molar-refractivity contribution in [1.82, 2.24) is 10.3 Å². The predicted octanol–water partition coefficient (Wildman–Crippen LogP) is 10.6. The van der Waals surface area contributed by atoms with Gasteiger partial charge in [-0.25, -0.2) is 4.98 Å². The summed E-state index contributed by atoms with van der Waals surface area (Å²) in [6.45, 7) is 4.03. The summed E-state index contributed by atoms with van der Waals surface area (Å²) in [5, 5.41) is 9.07. The lowest BCUT2D eigenvalue weighted by molar-refractivity contribution is -0.116. The van der Waals surface area contributed by atoms with Crippen molar-refractivity contribution in [2.75, 3.05) is 10.6 Å². The molecule has 0 saturated heterocycles. The van der Waals surface area contributed by atoms with Gasteiger partial charge in [0, 0.05) is 26.6 Å². The zero-order chi connectivity index (χ0) is 36.6. The highest BCUT2D eigenvalue weighted by atomic mass is 35.5. The molecular formula is C41H32Cl2N4O3S2. The standard InChI is InChI=1S/C41H32Cl2N4O3S2/c1-25-19-21-27(22-20-25)36-26(2)51-41(46-36)47-40(50)37(28-11-5-3-6-12-28)52-32-17-10-16-31(24-32)44-39(49)34(23-30-15-9-18-33(42)35(30)43)45-38(48)29-13-7-4-8-14-29/h3-24,37H,1-2H3,(H,44,49)(H,45,48)(H,46,47,50)/b34-23+. The minimum Gasteiger partial charge on any atom is -0.321 e. The van der Waals surface area contributed by atoms with Crippen LogP contribution >= 0.6 is 46.3 Å². The number of hydrogen-bond acceptors (Lipinski definition) is 6. The Bertz CT molecular complexity index is 2260. The van der Waals surface area contributed by atoms with Crippen LogP contribution in [0.3, 0.4) is 0 Å². The molecule has 1 aromatic heterocycles. The van der Waals surface area contributed by atoms with Crippen molar-refractivity contribution in [3.05, 3.63) is 170 Å². The van der Waals surface area contributed by atoms with Crippen LogP contribution in [0.2, 0.25) is 10.0 Å². The Balaban J connectivity index is 1.23. The molecule has 1 heterocycles. The lowest BCUT2D eigenvalue weighted by Gasteiger charge is -2.17. The highest BCUT2D eigenvalue weighted by Crippen LogP contribution is 2.38. The maximum absolute atomic E-state index is 13.9. The quantitative estimate of drug-likeness (QED) is 0.0901. The zero-order valence-electron chi connectivity index (χ0n) is 28.0. The molecule has 0 aliphatic heterocycles. The molecule has 52 heavy (non-hydrogen) atoms. The minimum absolute atomic E-state index is 0.0404. The summed E-state index contributed by atoms with van der Waals surface area (Å²) < 4.78 is 0. The molecule has 6 rings (SSSR count). The van der Waals surface area contributed by atoms with Crippen molar-refractivity contribution in [2.45, 2.75) is 24.0 Å². The number of nitrogens with one attached hydrogen (secondary N) is 3. The van der Waals surface area contributed by atoms with Gasteiger partial charge < -0.3 is 16.0 Å². The Morgan fingerprint density at radius 2 is 1.48 bits per heavy atom. The first-order valence-electron chi connectivity index (χ1n) is 16.1. The fraction of sp³-hybridized carbons (Fsp3) is 0.0732. The van der Waals surface area contributed by atoms with E-state index in [9.17, 15) is 14.4 Å². The summed E-state index contributed by atoms with van der Waals surface area (Å²) in [7, 11) is 0. The predicted molar refractivity (Wildman–Crippen MR) is 214 cm³/mol. The Labute approximate surface area is 320 Å². The van der Waals surface area contributed by atoms with Gasteiger partial charge >= 0.3 is 0 Å². The van der Waals surface area contributed by atoms with Crippen LogP contribution in [0.5, 0.6) is 0 Å². The molecule has 6 aromatic rings. The van der Waals surface area contributed by atoms with Crippen LogP contribution in [0.1, 0.15) is 37.2 Å². The Kier molecular flexibility index (Phi) is 11.9. The van der Waals surface area contributed by atoms with Crippen LogP contribution in [0.15, 0.2) is 138 Å². The number of nitrogens with zero attached hydrogens (tertiary/aromatic N) is 1. The molecule has 3 N–H and O–H groups in total. The van der Waals surface area contributed by atoms with Gasteiger partial charge in [-0.3, -0.25) is 14.4 Å². The van der Waals surface area contributed by atoms with Crippen LogP contribution < -0.4 is 16.0 Å². The number of carbonyl (C=O) groups excluding carboxylic acids is 3. The molecule has 260 valence electrons. The summed E-state index contributed by atoms with van der Waals surface area (Å²) in [5.74, 6) is -1.28. The van der Waals surface area contributed by atoms with Gasteiger partial charge in [-0.2, -0.15) is 0 Å². The monoisotopic (exact) mass is 762 g/mol. The molecule has 0 aliphatic rings. The molecule has 7 nitrogen and oxygen atoms in total. The van der Waals surface area contributed by atoms with E-state index in [1.807, 2.05) is 74.5 Å². The molecule has 1 atom stereocenters. The number of amides is 3. The summed E-state index contributed by atoms with van der Waals surface area (Å²) in [6.07, 6.45) is 1.48. The van der Waals surface area contributed by atoms with Crippen LogP contribution in [-0.2, 0) is 9.59 Å². The number of anilines is 2. The highest BCUT2D eigenvalue weighted by Gasteiger charge is 2.24. The highest BCUT2D eigenvalue weighted by molar-refractivity contribution is 8.00. The first-order valence-corrected chi connectivity index (χ1v) is 18.6. The molecule has 1 unspecified atom stereocenters. The van der Waals surface area contributed by atoms with E-state index < -0.39 is 17.1 Å². The van der Waals surface area contributed by atoms with Crippen molar-refractivity contribution < 1.29 is 14.4 Å². The molecule has 11 heteroatoms. The van der Waals surface area contributed by atoms with Crippen LogP contribution in [0, 0.1) is 13.8 Å². The molecule has 0 radical (unpaired) electrons. The lowest BCUT2D eigenvalue weighted by atomic mass is 10.1. The third kappa shape index (κ3) is 9.18. The second-order valence-corrected chi connectivity index (χ2v) is 14.9. The zero-order valence-corrected chi connectivity index (χ0v) is 31.2. The SMILES string of the molecule is Cc1ccc(-c2nc(NC(=O)C(Sc3cccc(NC(=O)/C(=C\c4cccc(Cl)c4Cl)NC(=O)c4ccccc4)c3)c3ccccc3)sc2C)cc1. The number of benzene rings is 5. The molecular weight excluding hydrogens is 732 g/mol. The third-order valence-electron chi connectivity index (χ3n) is 7.85. The average Bonchev–Trinajstić information content (AvgIpc) is 3.52. The maximum atomic E-state index is 13.9. The molecule has 0 spiro atoms. The molecule has 0 bridgehead atoms. The van der Waals surface area contributed by atoms with Crippen LogP contribution in [-0.4, -0.2) is 22.7 Å². The van der Waals surface area contributed by atoms with Gasteiger partial charge in [-0.1, -0.05) is 120 Å². The van der Waals surface area contributed by atoms with Crippen molar-refractivity contribution in [1.29, 1.82) is 0 Å². The Hall–Kier alpha value is -5.19. The second kappa shape index (κ2) is 16.9. The number of rotatable bonds is 11. The Morgan fingerprint density at radius 1 is 0.788 bits per heavy atom.